The first-order chi connectivity index (χ1) is 8.70. The highest BCUT2D eigenvalue weighted by molar-refractivity contribution is 5.32. The summed E-state index contributed by atoms with van der Waals surface area (Å²) in [5, 5.41) is 3.42. The molecule has 0 aromatic carbocycles. The molecule has 96 valence electrons. The lowest BCUT2D eigenvalue weighted by Gasteiger charge is -2.15. The molecular formula is C14H20N4. The van der Waals surface area contributed by atoms with E-state index in [-0.39, 0.29) is 6.04 Å². The first kappa shape index (κ1) is 12.6. The van der Waals surface area contributed by atoms with Crippen LogP contribution >= 0.6 is 0 Å². The van der Waals surface area contributed by atoms with E-state index in [0.29, 0.717) is 0 Å². The molecule has 4 nitrogen and oxygen atoms in total. The third-order valence-electron chi connectivity index (χ3n) is 2.84. The zero-order valence-electron chi connectivity index (χ0n) is 11.2. The second-order valence-corrected chi connectivity index (χ2v) is 4.52. The van der Waals surface area contributed by atoms with Gasteiger partial charge in [-0.25, -0.2) is 4.98 Å². The van der Waals surface area contributed by atoms with Crippen molar-refractivity contribution in [1.29, 1.82) is 0 Å². The average Bonchev–Trinajstić information content (AvgIpc) is 2.71. The van der Waals surface area contributed by atoms with Crippen molar-refractivity contribution in [2.24, 2.45) is 0 Å². The number of aromatic nitrogens is 3. The lowest BCUT2D eigenvalue weighted by Crippen LogP contribution is -2.12. The molecule has 0 spiro atoms. The number of rotatable bonds is 5. The Balaban J connectivity index is 2.13. The molecule has 0 aliphatic heterocycles. The van der Waals surface area contributed by atoms with Crippen molar-refractivity contribution in [3.8, 4) is 0 Å². The minimum absolute atomic E-state index is 0.156. The summed E-state index contributed by atoms with van der Waals surface area (Å²) in [6.07, 6.45) is 5.00. The highest BCUT2D eigenvalue weighted by atomic mass is 15.2. The Hall–Kier alpha value is -1.84. The van der Waals surface area contributed by atoms with Crippen molar-refractivity contribution >= 4 is 5.95 Å². The van der Waals surface area contributed by atoms with Gasteiger partial charge in [0.25, 0.3) is 0 Å². The van der Waals surface area contributed by atoms with Crippen molar-refractivity contribution in [3.05, 3.63) is 42.0 Å². The van der Waals surface area contributed by atoms with E-state index in [1.807, 2.05) is 31.3 Å². The molecule has 0 saturated heterocycles. The maximum Gasteiger partial charge on any atom is 0.203 e. The Morgan fingerprint density at radius 3 is 2.89 bits per heavy atom. The Bertz CT molecular complexity index is 490. The maximum absolute atomic E-state index is 4.52. The average molecular weight is 244 g/mol. The Morgan fingerprint density at radius 2 is 2.22 bits per heavy atom. The molecule has 2 heterocycles. The summed E-state index contributed by atoms with van der Waals surface area (Å²) in [5.74, 6) is 0.924. The predicted molar refractivity (Wildman–Crippen MR) is 73.5 cm³/mol. The molecule has 2 aromatic rings. The van der Waals surface area contributed by atoms with Crippen molar-refractivity contribution < 1.29 is 0 Å². The van der Waals surface area contributed by atoms with Gasteiger partial charge in [-0.05, 0) is 32.4 Å². The van der Waals surface area contributed by atoms with Gasteiger partial charge in [0.15, 0.2) is 0 Å². The third kappa shape index (κ3) is 2.88. The second-order valence-electron chi connectivity index (χ2n) is 4.52. The summed E-state index contributed by atoms with van der Waals surface area (Å²) in [4.78, 5) is 8.88. The number of nitrogens with zero attached hydrogens (tertiary/aromatic N) is 3. The third-order valence-corrected chi connectivity index (χ3v) is 2.84. The van der Waals surface area contributed by atoms with E-state index in [1.54, 1.807) is 0 Å². The van der Waals surface area contributed by atoms with Crippen LogP contribution in [0.4, 0.5) is 5.95 Å². The van der Waals surface area contributed by atoms with Gasteiger partial charge in [0.2, 0.25) is 5.95 Å². The quantitative estimate of drug-likeness (QED) is 0.878. The maximum atomic E-state index is 4.52. The normalized spacial score (nSPS) is 12.4. The van der Waals surface area contributed by atoms with Crippen molar-refractivity contribution in [1.82, 2.24) is 14.5 Å². The lowest BCUT2D eigenvalue weighted by atomic mass is 10.2. The fraction of sp³-hybridized carbons (Fsp3) is 0.429. The van der Waals surface area contributed by atoms with Crippen LogP contribution in [0.2, 0.25) is 0 Å². The summed E-state index contributed by atoms with van der Waals surface area (Å²) >= 11 is 0. The number of imidazole rings is 1. The first-order valence-electron chi connectivity index (χ1n) is 6.42. The van der Waals surface area contributed by atoms with Crippen LogP contribution in [0.15, 0.2) is 30.6 Å². The van der Waals surface area contributed by atoms with Gasteiger partial charge >= 0.3 is 0 Å². The topological polar surface area (TPSA) is 42.7 Å². The molecule has 1 unspecified atom stereocenters. The lowest BCUT2D eigenvalue weighted by molar-refractivity contribution is 0.672. The van der Waals surface area contributed by atoms with Crippen LogP contribution in [-0.2, 0) is 6.54 Å². The largest absolute Gasteiger partial charge is 0.348 e. The molecule has 0 bridgehead atoms. The van der Waals surface area contributed by atoms with E-state index in [0.717, 1.165) is 30.3 Å². The smallest absolute Gasteiger partial charge is 0.203 e. The Morgan fingerprint density at radius 1 is 1.39 bits per heavy atom. The molecule has 2 aromatic heterocycles. The number of hydrogen-bond acceptors (Lipinski definition) is 3. The van der Waals surface area contributed by atoms with Gasteiger partial charge < -0.3 is 9.88 Å². The number of aryl methyl sites for hydroxylation is 2. The van der Waals surface area contributed by atoms with Crippen LogP contribution in [0.1, 0.15) is 37.7 Å². The summed E-state index contributed by atoms with van der Waals surface area (Å²) in [7, 11) is 0. The monoisotopic (exact) mass is 244 g/mol. The Labute approximate surface area is 108 Å². The molecule has 0 fully saturated rings. The van der Waals surface area contributed by atoms with Crippen molar-refractivity contribution in [2.45, 2.75) is 39.8 Å². The summed E-state index contributed by atoms with van der Waals surface area (Å²) in [5.41, 5.74) is 2.07. The van der Waals surface area contributed by atoms with E-state index < -0.39 is 0 Å². The number of nitrogens with one attached hydrogen (secondary N) is 1. The van der Waals surface area contributed by atoms with Crippen LogP contribution in [-0.4, -0.2) is 14.5 Å². The standard InChI is InChI=1S/C14H20N4/c1-4-9-18-10-11(2)16-14(18)17-12(3)13-7-5-6-8-15-13/h5-8,10,12H,4,9H2,1-3H3,(H,16,17). The molecule has 1 N–H and O–H groups in total. The molecular weight excluding hydrogens is 224 g/mol. The highest BCUT2D eigenvalue weighted by Crippen LogP contribution is 2.17. The van der Waals surface area contributed by atoms with Gasteiger partial charge in [0.1, 0.15) is 0 Å². The zero-order chi connectivity index (χ0) is 13.0. The Kier molecular flexibility index (Phi) is 3.97. The SMILES string of the molecule is CCCn1cc(C)nc1NC(C)c1ccccn1. The predicted octanol–water partition coefficient (Wildman–Crippen LogP) is 3.17. The van der Waals surface area contributed by atoms with Crippen LogP contribution in [0.5, 0.6) is 0 Å². The van der Waals surface area contributed by atoms with E-state index in [4.69, 9.17) is 0 Å². The molecule has 2 rings (SSSR count). The van der Waals surface area contributed by atoms with Gasteiger partial charge in [-0.15, -0.1) is 0 Å². The highest BCUT2D eigenvalue weighted by Gasteiger charge is 2.10. The van der Waals surface area contributed by atoms with Gasteiger partial charge in [0, 0.05) is 18.9 Å². The molecule has 0 aliphatic carbocycles. The minimum atomic E-state index is 0.156. The van der Waals surface area contributed by atoms with E-state index in [1.165, 1.54) is 0 Å². The molecule has 0 amide bonds. The fourth-order valence-electron chi connectivity index (χ4n) is 1.97. The molecule has 0 saturated carbocycles. The molecule has 0 aliphatic rings. The number of pyridine rings is 1. The second kappa shape index (κ2) is 5.67. The van der Waals surface area contributed by atoms with Crippen LogP contribution in [0.3, 0.4) is 0 Å². The molecule has 1 atom stereocenters. The fourth-order valence-corrected chi connectivity index (χ4v) is 1.97. The molecule has 4 heteroatoms. The summed E-state index contributed by atoms with van der Waals surface area (Å²) < 4.78 is 2.16. The van der Waals surface area contributed by atoms with Crippen LogP contribution < -0.4 is 5.32 Å². The van der Waals surface area contributed by atoms with Gasteiger partial charge in [-0.2, -0.15) is 0 Å². The van der Waals surface area contributed by atoms with Gasteiger partial charge in [-0.3, -0.25) is 4.98 Å². The van der Waals surface area contributed by atoms with Crippen LogP contribution in [0.25, 0.3) is 0 Å². The molecule has 0 radical (unpaired) electrons. The van der Waals surface area contributed by atoms with Gasteiger partial charge in [-0.1, -0.05) is 13.0 Å². The summed E-state index contributed by atoms with van der Waals surface area (Å²) in [6, 6.07) is 6.11. The minimum Gasteiger partial charge on any atom is -0.348 e. The number of hydrogen-bond donors (Lipinski definition) is 1. The van der Waals surface area contributed by atoms with Crippen LogP contribution in [0, 0.1) is 6.92 Å². The summed E-state index contributed by atoms with van der Waals surface area (Å²) in [6.45, 7) is 7.27. The van der Waals surface area contributed by atoms with E-state index in [2.05, 4.69) is 39.9 Å². The first-order valence-corrected chi connectivity index (χ1v) is 6.42. The van der Waals surface area contributed by atoms with E-state index in [9.17, 15) is 0 Å². The van der Waals surface area contributed by atoms with Gasteiger partial charge in [0.05, 0.1) is 17.4 Å². The zero-order valence-corrected chi connectivity index (χ0v) is 11.2. The van der Waals surface area contributed by atoms with E-state index >= 15 is 0 Å². The number of anilines is 1. The molecule has 18 heavy (non-hydrogen) atoms. The van der Waals surface area contributed by atoms with Crippen molar-refractivity contribution in [3.63, 3.8) is 0 Å². The van der Waals surface area contributed by atoms with Crippen molar-refractivity contribution in [2.75, 3.05) is 5.32 Å².